The second-order valence-electron chi connectivity index (χ2n) is 2.21. The molecule has 0 bridgehead atoms. The van der Waals surface area contributed by atoms with Crippen LogP contribution in [0.5, 0.6) is 0 Å². The Balaban J connectivity index is 2.69. The number of hydrogen-bond acceptors (Lipinski definition) is 2. The molecule has 2 N–H and O–H groups in total. The molecule has 0 fully saturated rings. The molecule has 0 amide bonds. The lowest BCUT2D eigenvalue weighted by Gasteiger charge is -1.94. The van der Waals surface area contributed by atoms with E-state index in [2.05, 4.69) is 5.48 Å². The van der Waals surface area contributed by atoms with Crippen LogP contribution in [0.1, 0.15) is 5.56 Å². The van der Waals surface area contributed by atoms with Crippen LogP contribution in [0, 0.1) is 0 Å². The maximum atomic E-state index is 8.33. The predicted octanol–water partition coefficient (Wildman–Crippen LogP) is -0.0101. The molecule has 0 aliphatic heterocycles. The van der Waals surface area contributed by atoms with Crippen molar-refractivity contribution in [3.63, 3.8) is 0 Å². The third kappa shape index (κ3) is 1.79. The first-order chi connectivity index (χ1) is 4.83. The maximum absolute atomic E-state index is 8.33. The van der Waals surface area contributed by atoms with E-state index in [4.69, 9.17) is 5.21 Å². The summed E-state index contributed by atoms with van der Waals surface area (Å²) in [5.41, 5.74) is 3.16. The van der Waals surface area contributed by atoms with Crippen LogP contribution in [0.3, 0.4) is 0 Å². The largest absolute Gasteiger partial charge is 0.316 e. The smallest absolute Gasteiger partial charge is 0.168 e. The minimum Gasteiger partial charge on any atom is -0.316 e. The molecule has 1 aromatic rings. The first kappa shape index (κ1) is 7.18. The van der Waals surface area contributed by atoms with Gasteiger partial charge in [0.05, 0.1) is 0 Å². The Hall–Kier alpha value is -0.930. The zero-order valence-corrected chi connectivity index (χ0v) is 5.91. The van der Waals surface area contributed by atoms with Crippen molar-refractivity contribution < 1.29 is 9.77 Å². The van der Waals surface area contributed by atoms with E-state index in [9.17, 15) is 0 Å². The molecule has 10 heavy (non-hydrogen) atoms. The molecule has 0 aliphatic carbocycles. The first-order valence-electron chi connectivity index (χ1n) is 3.14. The lowest BCUT2D eigenvalue weighted by atomic mass is 10.3. The summed E-state index contributed by atoms with van der Waals surface area (Å²) in [5, 5.41) is 8.33. The van der Waals surface area contributed by atoms with Crippen LogP contribution in [0.25, 0.3) is 0 Å². The molecule has 0 spiro atoms. The Kier molecular flexibility index (Phi) is 2.36. The van der Waals surface area contributed by atoms with Gasteiger partial charge in [-0.3, -0.25) is 0 Å². The van der Waals surface area contributed by atoms with Crippen LogP contribution in [0.15, 0.2) is 24.5 Å². The molecule has 0 unspecified atom stereocenters. The number of pyridine rings is 1. The summed E-state index contributed by atoms with van der Waals surface area (Å²) < 4.78 is 1.95. The SMILES string of the molecule is C[n+]1ccc(CNO)cc1. The maximum Gasteiger partial charge on any atom is 0.168 e. The zero-order valence-electron chi connectivity index (χ0n) is 5.91. The van der Waals surface area contributed by atoms with Gasteiger partial charge in [-0.05, 0) is 5.56 Å². The first-order valence-corrected chi connectivity index (χ1v) is 3.14. The van der Waals surface area contributed by atoms with E-state index in [0.717, 1.165) is 5.56 Å². The Morgan fingerprint density at radius 3 is 2.60 bits per heavy atom. The molecule has 0 saturated heterocycles. The molecule has 3 nitrogen and oxygen atoms in total. The normalized spacial score (nSPS) is 9.80. The number of nitrogens with zero attached hydrogens (tertiary/aromatic N) is 1. The Morgan fingerprint density at radius 2 is 2.10 bits per heavy atom. The van der Waals surface area contributed by atoms with Crippen LogP contribution < -0.4 is 10.0 Å². The van der Waals surface area contributed by atoms with Gasteiger partial charge in [0.25, 0.3) is 0 Å². The summed E-state index contributed by atoms with van der Waals surface area (Å²) in [6.07, 6.45) is 3.87. The summed E-state index contributed by atoms with van der Waals surface area (Å²) in [6.45, 7) is 0.501. The molecule has 3 heteroatoms. The molecule has 1 aromatic heterocycles. The molecule has 0 aromatic carbocycles. The lowest BCUT2D eigenvalue weighted by Crippen LogP contribution is -2.26. The van der Waals surface area contributed by atoms with Crippen molar-refractivity contribution in [2.75, 3.05) is 0 Å². The summed E-state index contributed by atoms with van der Waals surface area (Å²) in [6, 6.07) is 3.90. The summed E-state index contributed by atoms with van der Waals surface area (Å²) in [7, 11) is 1.95. The number of rotatable bonds is 2. The van der Waals surface area contributed by atoms with Crippen LogP contribution in [-0.2, 0) is 13.6 Å². The van der Waals surface area contributed by atoms with Gasteiger partial charge in [-0.25, -0.2) is 10.0 Å². The van der Waals surface area contributed by atoms with Crippen molar-refractivity contribution in [2.45, 2.75) is 6.54 Å². The highest BCUT2D eigenvalue weighted by molar-refractivity contribution is 5.05. The lowest BCUT2D eigenvalue weighted by molar-refractivity contribution is -0.671. The van der Waals surface area contributed by atoms with Gasteiger partial charge < -0.3 is 5.21 Å². The number of nitrogens with one attached hydrogen (secondary N) is 1. The molecular weight excluding hydrogens is 128 g/mol. The Labute approximate surface area is 59.9 Å². The van der Waals surface area contributed by atoms with Gasteiger partial charge in [0.15, 0.2) is 12.4 Å². The average Bonchev–Trinajstić information content (AvgIpc) is 1.95. The number of aromatic nitrogens is 1. The average molecular weight is 139 g/mol. The molecule has 54 valence electrons. The zero-order chi connectivity index (χ0) is 7.40. The topological polar surface area (TPSA) is 36.1 Å². The highest BCUT2D eigenvalue weighted by Crippen LogP contribution is 1.91. The fourth-order valence-electron chi connectivity index (χ4n) is 0.741. The number of hydroxylamine groups is 1. The fraction of sp³-hybridized carbons (Fsp3) is 0.286. The molecule has 0 atom stereocenters. The van der Waals surface area contributed by atoms with Gasteiger partial charge in [-0.2, -0.15) is 0 Å². The van der Waals surface area contributed by atoms with Crippen molar-refractivity contribution in [3.8, 4) is 0 Å². The summed E-state index contributed by atoms with van der Waals surface area (Å²) in [4.78, 5) is 0. The van der Waals surface area contributed by atoms with E-state index < -0.39 is 0 Å². The summed E-state index contributed by atoms with van der Waals surface area (Å²) in [5.74, 6) is 0. The highest BCUT2D eigenvalue weighted by atomic mass is 16.5. The van der Waals surface area contributed by atoms with Gasteiger partial charge in [0.2, 0.25) is 0 Å². The van der Waals surface area contributed by atoms with Crippen LogP contribution in [0.4, 0.5) is 0 Å². The molecule has 1 rings (SSSR count). The van der Waals surface area contributed by atoms with Gasteiger partial charge in [0.1, 0.15) is 7.05 Å². The second kappa shape index (κ2) is 3.29. The summed E-state index contributed by atoms with van der Waals surface area (Å²) >= 11 is 0. The predicted molar refractivity (Wildman–Crippen MR) is 36.2 cm³/mol. The molecule has 0 saturated carbocycles. The van der Waals surface area contributed by atoms with Gasteiger partial charge in [-0.1, -0.05) is 0 Å². The van der Waals surface area contributed by atoms with Crippen molar-refractivity contribution in [2.24, 2.45) is 7.05 Å². The van der Waals surface area contributed by atoms with E-state index >= 15 is 0 Å². The van der Waals surface area contributed by atoms with E-state index in [0.29, 0.717) is 6.54 Å². The van der Waals surface area contributed by atoms with Crippen molar-refractivity contribution >= 4 is 0 Å². The van der Waals surface area contributed by atoms with E-state index in [1.165, 1.54) is 0 Å². The second-order valence-corrected chi connectivity index (χ2v) is 2.21. The van der Waals surface area contributed by atoms with Crippen LogP contribution in [-0.4, -0.2) is 5.21 Å². The van der Waals surface area contributed by atoms with Crippen LogP contribution in [0.2, 0.25) is 0 Å². The highest BCUT2D eigenvalue weighted by Gasteiger charge is 1.92. The quantitative estimate of drug-likeness (QED) is 0.446. The Bertz CT molecular complexity index is 195. The minimum absolute atomic E-state index is 0.501. The van der Waals surface area contributed by atoms with Gasteiger partial charge in [0, 0.05) is 18.7 Å². The van der Waals surface area contributed by atoms with Crippen molar-refractivity contribution in [1.29, 1.82) is 0 Å². The van der Waals surface area contributed by atoms with E-state index in [1.807, 2.05) is 36.1 Å². The molecule has 0 radical (unpaired) electrons. The van der Waals surface area contributed by atoms with E-state index in [-0.39, 0.29) is 0 Å². The third-order valence-corrected chi connectivity index (χ3v) is 1.33. The van der Waals surface area contributed by atoms with Crippen molar-refractivity contribution in [1.82, 2.24) is 5.48 Å². The number of aryl methyl sites for hydroxylation is 1. The minimum atomic E-state index is 0.501. The molecular formula is C7H11N2O+. The standard InChI is InChI=1S/C7H11N2O/c1-9-4-2-7(3-5-9)6-8-10/h2-5,8,10H,6H2,1H3/q+1. The van der Waals surface area contributed by atoms with E-state index in [1.54, 1.807) is 0 Å². The monoisotopic (exact) mass is 139 g/mol. The van der Waals surface area contributed by atoms with Gasteiger partial charge >= 0.3 is 0 Å². The molecule has 1 heterocycles. The fourth-order valence-corrected chi connectivity index (χ4v) is 0.741. The van der Waals surface area contributed by atoms with Gasteiger partial charge in [-0.15, -0.1) is 0 Å². The van der Waals surface area contributed by atoms with Crippen LogP contribution >= 0.6 is 0 Å². The molecule has 0 aliphatic rings. The Morgan fingerprint density at radius 1 is 1.50 bits per heavy atom. The van der Waals surface area contributed by atoms with Crippen molar-refractivity contribution in [3.05, 3.63) is 30.1 Å². The number of hydrogen-bond donors (Lipinski definition) is 2. The third-order valence-electron chi connectivity index (χ3n) is 1.33.